The summed E-state index contributed by atoms with van der Waals surface area (Å²) in [5.74, 6) is 3.25. The molecule has 5 heteroatoms. The van der Waals surface area contributed by atoms with Crippen molar-refractivity contribution in [1.82, 2.24) is 5.32 Å². The monoisotopic (exact) mass is 285 g/mol. The van der Waals surface area contributed by atoms with E-state index in [2.05, 4.69) is 12.2 Å². The standard InChI is InChI=1S/C14H23NO3S/c1-10-7-12(10)13-6-5-11(18-13)8-15-9-14(2,3)19(4,16)17/h5-6,10,12,15H,7-9H2,1-4H3. The van der Waals surface area contributed by atoms with Gasteiger partial charge in [0.05, 0.1) is 11.3 Å². The molecule has 19 heavy (non-hydrogen) atoms. The summed E-state index contributed by atoms with van der Waals surface area (Å²) in [6.07, 6.45) is 2.48. The van der Waals surface area contributed by atoms with Gasteiger partial charge >= 0.3 is 0 Å². The van der Waals surface area contributed by atoms with Gasteiger partial charge in [-0.1, -0.05) is 6.92 Å². The van der Waals surface area contributed by atoms with Crippen LogP contribution in [0.1, 0.15) is 44.6 Å². The first kappa shape index (κ1) is 14.6. The van der Waals surface area contributed by atoms with Gasteiger partial charge in [0.15, 0.2) is 9.84 Å². The lowest BCUT2D eigenvalue weighted by Crippen LogP contribution is -2.41. The van der Waals surface area contributed by atoms with Crippen molar-refractivity contribution < 1.29 is 12.8 Å². The van der Waals surface area contributed by atoms with Crippen LogP contribution < -0.4 is 5.32 Å². The molecule has 1 saturated carbocycles. The predicted molar refractivity (Wildman–Crippen MR) is 75.9 cm³/mol. The van der Waals surface area contributed by atoms with Crippen molar-refractivity contribution in [3.8, 4) is 0 Å². The molecule has 2 rings (SSSR count). The van der Waals surface area contributed by atoms with Crippen LogP contribution in [0.2, 0.25) is 0 Å². The molecule has 1 N–H and O–H groups in total. The average Bonchev–Trinajstić information content (AvgIpc) is 2.83. The minimum Gasteiger partial charge on any atom is -0.464 e. The molecule has 0 saturated heterocycles. The van der Waals surface area contributed by atoms with Crippen molar-refractivity contribution in [3.63, 3.8) is 0 Å². The first-order chi connectivity index (χ1) is 8.71. The van der Waals surface area contributed by atoms with E-state index in [-0.39, 0.29) is 0 Å². The summed E-state index contributed by atoms with van der Waals surface area (Å²) in [5.41, 5.74) is 0. The highest BCUT2D eigenvalue weighted by Gasteiger charge is 2.36. The van der Waals surface area contributed by atoms with Crippen LogP contribution in [0.15, 0.2) is 16.5 Å². The van der Waals surface area contributed by atoms with Gasteiger partial charge in [0.2, 0.25) is 0 Å². The Labute approximate surface area is 115 Å². The fourth-order valence-corrected chi connectivity index (χ4v) is 2.39. The van der Waals surface area contributed by atoms with Crippen molar-refractivity contribution in [3.05, 3.63) is 23.7 Å². The smallest absolute Gasteiger partial charge is 0.153 e. The van der Waals surface area contributed by atoms with Crippen molar-refractivity contribution >= 4 is 9.84 Å². The zero-order chi connectivity index (χ0) is 14.3. The summed E-state index contributed by atoms with van der Waals surface area (Å²) >= 11 is 0. The Kier molecular flexibility index (Phi) is 3.80. The topological polar surface area (TPSA) is 59.3 Å². The minimum absolute atomic E-state index is 0.418. The third-order valence-electron chi connectivity index (χ3n) is 4.01. The molecule has 0 aliphatic heterocycles. The van der Waals surface area contributed by atoms with Gasteiger partial charge in [-0.05, 0) is 38.3 Å². The van der Waals surface area contributed by atoms with Crippen molar-refractivity contribution in [1.29, 1.82) is 0 Å². The Morgan fingerprint density at radius 2 is 2.05 bits per heavy atom. The van der Waals surface area contributed by atoms with Gasteiger partial charge < -0.3 is 9.73 Å². The van der Waals surface area contributed by atoms with Gasteiger partial charge in [-0.15, -0.1) is 0 Å². The maximum Gasteiger partial charge on any atom is 0.153 e. The summed E-state index contributed by atoms with van der Waals surface area (Å²) in [6, 6.07) is 4.01. The Hall–Kier alpha value is -0.810. The molecular weight excluding hydrogens is 262 g/mol. The number of nitrogens with one attached hydrogen (secondary N) is 1. The van der Waals surface area contributed by atoms with E-state index in [0.717, 1.165) is 17.4 Å². The molecule has 108 valence electrons. The van der Waals surface area contributed by atoms with Crippen LogP contribution in [0.4, 0.5) is 0 Å². The number of furan rings is 1. The highest BCUT2D eigenvalue weighted by Crippen LogP contribution is 2.47. The molecule has 2 atom stereocenters. The summed E-state index contributed by atoms with van der Waals surface area (Å²) < 4.78 is 28.1. The molecule has 0 aromatic carbocycles. The number of rotatable bonds is 6. The summed E-state index contributed by atoms with van der Waals surface area (Å²) in [7, 11) is -3.06. The molecule has 1 aromatic rings. The third kappa shape index (κ3) is 3.39. The van der Waals surface area contributed by atoms with Crippen LogP contribution >= 0.6 is 0 Å². The zero-order valence-corrected chi connectivity index (χ0v) is 12.9. The lowest BCUT2D eigenvalue weighted by atomic mass is 10.2. The fraction of sp³-hybridized carbons (Fsp3) is 0.714. The molecule has 0 radical (unpaired) electrons. The van der Waals surface area contributed by atoms with Crippen LogP contribution in [-0.2, 0) is 16.4 Å². The largest absolute Gasteiger partial charge is 0.464 e. The summed E-state index contributed by atoms with van der Waals surface area (Å²) in [6.45, 7) is 6.67. The van der Waals surface area contributed by atoms with Gasteiger partial charge in [-0.3, -0.25) is 0 Å². The zero-order valence-electron chi connectivity index (χ0n) is 12.1. The Balaban J connectivity index is 1.85. The maximum absolute atomic E-state index is 11.6. The third-order valence-corrected chi connectivity index (χ3v) is 6.16. The van der Waals surface area contributed by atoms with E-state index >= 15 is 0 Å². The number of hydrogen-bond donors (Lipinski definition) is 1. The van der Waals surface area contributed by atoms with E-state index in [1.807, 2.05) is 12.1 Å². The first-order valence-electron chi connectivity index (χ1n) is 6.69. The van der Waals surface area contributed by atoms with Gasteiger partial charge in [-0.2, -0.15) is 0 Å². The van der Waals surface area contributed by atoms with Crippen LogP contribution in [0.3, 0.4) is 0 Å². The summed E-state index contributed by atoms with van der Waals surface area (Å²) in [5, 5.41) is 3.16. The van der Waals surface area contributed by atoms with Crippen molar-refractivity contribution in [2.24, 2.45) is 5.92 Å². The molecule has 2 unspecified atom stereocenters. The lowest BCUT2D eigenvalue weighted by Gasteiger charge is -2.22. The second-order valence-electron chi connectivity index (χ2n) is 6.26. The van der Waals surface area contributed by atoms with E-state index in [1.54, 1.807) is 13.8 Å². The molecule has 1 aliphatic carbocycles. The van der Waals surface area contributed by atoms with Gasteiger partial charge in [0.25, 0.3) is 0 Å². The van der Waals surface area contributed by atoms with Crippen LogP contribution in [0.25, 0.3) is 0 Å². The van der Waals surface area contributed by atoms with Crippen molar-refractivity contribution in [2.45, 2.75) is 44.4 Å². The maximum atomic E-state index is 11.6. The van der Waals surface area contributed by atoms with E-state index in [4.69, 9.17) is 4.42 Å². The molecule has 1 heterocycles. The minimum atomic E-state index is -3.06. The van der Waals surface area contributed by atoms with E-state index < -0.39 is 14.6 Å². The molecule has 0 spiro atoms. The molecule has 1 aromatic heterocycles. The van der Waals surface area contributed by atoms with E-state index in [9.17, 15) is 8.42 Å². The van der Waals surface area contributed by atoms with Crippen LogP contribution in [0.5, 0.6) is 0 Å². The van der Waals surface area contributed by atoms with Crippen LogP contribution in [0, 0.1) is 5.92 Å². The highest BCUT2D eigenvalue weighted by atomic mass is 32.2. The van der Waals surface area contributed by atoms with Gasteiger partial charge in [0, 0.05) is 18.7 Å². The average molecular weight is 285 g/mol. The second-order valence-corrected chi connectivity index (χ2v) is 8.91. The first-order valence-corrected chi connectivity index (χ1v) is 8.59. The molecule has 0 amide bonds. The predicted octanol–water partition coefficient (Wildman–Crippen LogP) is 2.32. The highest BCUT2D eigenvalue weighted by molar-refractivity contribution is 7.92. The fourth-order valence-electron chi connectivity index (χ4n) is 2.03. The SMILES string of the molecule is CC1CC1c1ccc(CNCC(C)(C)S(C)(=O)=O)o1. The van der Waals surface area contributed by atoms with E-state index in [1.165, 1.54) is 12.7 Å². The Morgan fingerprint density at radius 3 is 2.58 bits per heavy atom. The quantitative estimate of drug-likeness (QED) is 0.871. The van der Waals surface area contributed by atoms with Gasteiger partial charge in [-0.25, -0.2) is 8.42 Å². The van der Waals surface area contributed by atoms with Gasteiger partial charge in [0.1, 0.15) is 11.5 Å². The normalized spacial score (nSPS) is 23.6. The Bertz CT molecular complexity index is 545. The summed E-state index contributed by atoms with van der Waals surface area (Å²) in [4.78, 5) is 0. The van der Waals surface area contributed by atoms with Crippen LogP contribution in [-0.4, -0.2) is 26.0 Å². The number of hydrogen-bond acceptors (Lipinski definition) is 4. The van der Waals surface area contributed by atoms with Crippen molar-refractivity contribution in [2.75, 3.05) is 12.8 Å². The Morgan fingerprint density at radius 1 is 1.42 bits per heavy atom. The number of sulfone groups is 1. The molecule has 1 fully saturated rings. The molecule has 4 nitrogen and oxygen atoms in total. The molecular formula is C14H23NO3S. The molecule has 0 bridgehead atoms. The molecule has 1 aliphatic rings. The lowest BCUT2D eigenvalue weighted by molar-refractivity contribution is 0.435. The van der Waals surface area contributed by atoms with E-state index in [0.29, 0.717) is 19.0 Å². The second kappa shape index (κ2) is 4.94.